The highest BCUT2D eigenvalue weighted by molar-refractivity contribution is 6.31. The fourth-order valence-electron chi connectivity index (χ4n) is 4.60. The molecular weight excluding hydrogens is 465 g/mol. The molecule has 3 N–H and O–H groups in total. The summed E-state index contributed by atoms with van der Waals surface area (Å²) in [5, 5.41) is 7.65. The molecule has 1 saturated carbocycles. The SMILES string of the molecule is CN1CCc2nc(C(=O)NC3CCCCC3NC(=O)c3cc4cc(Cl)ccc4[nH]3)oc2C1.Cl. The summed E-state index contributed by atoms with van der Waals surface area (Å²) in [5.74, 6) is 0.344. The van der Waals surface area contributed by atoms with E-state index in [9.17, 15) is 9.59 Å². The van der Waals surface area contributed by atoms with Crippen LogP contribution in [0, 0.1) is 0 Å². The summed E-state index contributed by atoms with van der Waals surface area (Å²) in [4.78, 5) is 35.4. The Balaban J connectivity index is 0.00000259. The van der Waals surface area contributed by atoms with Gasteiger partial charge in [0, 0.05) is 41.0 Å². The predicted octanol–water partition coefficient (Wildman–Crippen LogP) is 3.69. The van der Waals surface area contributed by atoms with Crippen molar-refractivity contribution in [3.63, 3.8) is 0 Å². The Bertz CT molecular complexity index is 1170. The van der Waals surface area contributed by atoms with Gasteiger partial charge in [0.05, 0.1) is 12.2 Å². The average molecular weight is 492 g/mol. The maximum atomic E-state index is 12.9. The monoisotopic (exact) mass is 491 g/mol. The zero-order chi connectivity index (χ0) is 22.2. The lowest BCUT2D eigenvalue weighted by Crippen LogP contribution is -2.53. The normalized spacial score (nSPS) is 20.7. The van der Waals surface area contributed by atoms with Crippen molar-refractivity contribution in [3.05, 3.63) is 52.3 Å². The number of halogens is 2. The molecule has 1 fully saturated rings. The number of nitrogens with zero attached hydrogens (tertiary/aromatic N) is 2. The standard InChI is InChI=1S/C23H26ClN5O3.ClH/c1-29-9-8-18-20(12-29)32-23(28-18)22(31)27-17-5-3-2-4-16(17)26-21(30)19-11-13-10-14(24)6-7-15(13)25-19;/h6-7,10-11,16-17,25H,2-5,8-9,12H2,1H3,(H,26,30)(H,27,31);1H. The maximum Gasteiger partial charge on any atom is 0.307 e. The first-order valence-electron chi connectivity index (χ1n) is 11.0. The van der Waals surface area contributed by atoms with Crippen molar-refractivity contribution in [2.24, 2.45) is 0 Å². The second-order valence-corrected chi connectivity index (χ2v) is 9.17. The highest BCUT2D eigenvalue weighted by Gasteiger charge is 2.31. The number of oxazole rings is 1. The molecule has 0 radical (unpaired) electrons. The topological polar surface area (TPSA) is 103 Å². The summed E-state index contributed by atoms with van der Waals surface area (Å²) < 4.78 is 5.74. The number of hydrogen-bond donors (Lipinski definition) is 3. The molecule has 2 amide bonds. The minimum atomic E-state index is -0.326. The van der Waals surface area contributed by atoms with E-state index < -0.39 is 0 Å². The van der Waals surface area contributed by atoms with E-state index in [0.717, 1.165) is 61.0 Å². The van der Waals surface area contributed by atoms with Crippen LogP contribution in [-0.2, 0) is 13.0 Å². The van der Waals surface area contributed by atoms with Gasteiger partial charge >= 0.3 is 5.91 Å². The molecule has 2 unspecified atom stereocenters. The molecule has 1 aliphatic heterocycles. The van der Waals surface area contributed by atoms with Gasteiger partial charge in [-0.15, -0.1) is 12.4 Å². The van der Waals surface area contributed by atoms with Gasteiger partial charge < -0.3 is 20.0 Å². The maximum absolute atomic E-state index is 12.9. The first-order chi connectivity index (χ1) is 15.5. The van der Waals surface area contributed by atoms with Crippen molar-refractivity contribution in [2.75, 3.05) is 13.6 Å². The van der Waals surface area contributed by atoms with Gasteiger partial charge in [0.25, 0.3) is 11.8 Å². The van der Waals surface area contributed by atoms with E-state index in [1.54, 1.807) is 12.1 Å². The van der Waals surface area contributed by atoms with E-state index in [-0.39, 0.29) is 42.2 Å². The van der Waals surface area contributed by atoms with Crippen LogP contribution in [0.4, 0.5) is 0 Å². The minimum Gasteiger partial charge on any atom is -0.436 e. The summed E-state index contributed by atoms with van der Waals surface area (Å²) in [6.07, 6.45) is 4.37. The lowest BCUT2D eigenvalue weighted by molar-refractivity contribution is 0.0839. The zero-order valence-corrected chi connectivity index (χ0v) is 19.9. The third-order valence-electron chi connectivity index (χ3n) is 6.34. The van der Waals surface area contributed by atoms with Gasteiger partial charge in [-0.25, -0.2) is 4.98 Å². The van der Waals surface area contributed by atoms with E-state index in [0.29, 0.717) is 17.3 Å². The van der Waals surface area contributed by atoms with E-state index in [2.05, 4.69) is 25.5 Å². The summed E-state index contributed by atoms with van der Waals surface area (Å²) in [6.45, 7) is 1.56. The largest absolute Gasteiger partial charge is 0.436 e. The van der Waals surface area contributed by atoms with E-state index in [1.165, 1.54) is 0 Å². The Morgan fingerprint density at radius 2 is 1.88 bits per heavy atom. The van der Waals surface area contributed by atoms with Gasteiger partial charge in [-0.1, -0.05) is 24.4 Å². The second-order valence-electron chi connectivity index (χ2n) is 8.74. The molecule has 5 rings (SSSR count). The van der Waals surface area contributed by atoms with Gasteiger partial charge in [0.2, 0.25) is 0 Å². The smallest absolute Gasteiger partial charge is 0.307 e. The van der Waals surface area contributed by atoms with Crippen LogP contribution in [0.5, 0.6) is 0 Å². The first kappa shape index (κ1) is 23.6. The van der Waals surface area contributed by atoms with Gasteiger partial charge in [-0.3, -0.25) is 14.5 Å². The van der Waals surface area contributed by atoms with Crippen LogP contribution in [0.25, 0.3) is 10.9 Å². The number of likely N-dealkylation sites (N-methyl/N-ethyl adjacent to an activating group) is 1. The van der Waals surface area contributed by atoms with Crippen molar-refractivity contribution in [2.45, 2.75) is 50.7 Å². The quantitative estimate of drug-likeness (QED) is 0.516. The van der Waals surface area contributed by atoms with Crippen LogP contribution < -0.4 is 10.6 Å². The lowest BCUT2D eigenvalue weighted by atomic mass is 9.90. The molecule has 2 atom stereocenters. The Morgan fingerprint density at radius 1 is 1.15 bits per heavy atom. The molecule has 1 aliphatic carbocycles. The lowest BCUT2D eigenvalue weighted by Gasteiger charge is -2.32. The third kappa shape index (κ3) is 5.03. The minimum absolute atomic E-state index is 0. The number of aromatic nitrogens is 2. The van der Waals surface area contributed by atoms with Gasteiger partial charge in [0.15, 0.2) is 0 Å². The van der Waals surface area contributed by atoms with Crippen LogP contribution in [0.15, 0.2) is 28.7 Å². The number of rotatable bonds is 4. The van der Waals surface area contributed by atoms with E-state index in [4.69, 9.17) is 16.0 Å². The van der Waals surface area contributed by atoms with Crippen molar-refractivity contribution in [1.82, 2.24) is 25.5 Å². The van der Waals surface area contributed by atoms with Crippen LogP contribution >= 0.6 is 24.0 Å². The molecule has 33 heavy (non-hydrogen) atoms. The Morgan fingerprint density at radius 3 is 2.64 bits per heavy atom. The number of nitrogens with one attached hydrogen (secondary N) is 3. The molecule has 0 saturated heterocycles. The molecule has 3 heterocycles. The van der Waals surface area contributed by atoms with Crippen LogP contribution in [0.2, 0.25) is 5.02 Å². The highest BCUT2D eigenvalue weighted by atomic mass is 35.5. The second kappa shape index (κ2) is 9.75. The molecule has 1 aromatic carbocycles. The third-order valence-corrected chi connectivity index (χ3v) is 6.58. The van der Waals surface area contributed by atoms with Gasteiger partial charge in [-0.05, 0) is 44.2 Å². The number of fused-ring (bicyclic) bond motifs is 2. The molecular formula is C23H27Cl2N5O3. The van der Waals surface area contributed by atoms with Crippen molar-refractivity contribution in [1.29, 1.82) is 0 Å². The zero-order valence-electron chi connectivity index (χ0n) is 18.3. The number of benzene rings is 1. The van der Waals surface area contributed by atoms with Crippen molar-refractivity contribution >= 4 is 46.7 Å². The van der Waals surface area contributed by atoms with Crippen LogP contribution in [0.1, 0.15) is 58.3 Å². The van der Waals surface area contributed by atoms with Crippen molar-refractivity contribution < 1.29 is 14.0 Å². The first-order valence-corrected chi connectivity index (χ1v) is 11.4. The van der Waals surface area contributed by atoms with E-state index in [1.807, 2.05) is 19.2 Å². The summed E-state index contributed by atoms with van der Waals surface area (Å²) in [7, 11) is 2.02. The van der Waals surface area contributed by atoms with Gasteiger partial charge in [-0.2, -0.15) is 0 Å². The van der Waals surface area contributed by atoms with Crippen LogP contribution in [-0.4, -0.2) is 52.4 Å². The van der Waals surface area contributed by atoms with Gasteiger partial charge in [0.1, 0.15) is 11.5 Å². The molecule has 176 valence electrons. The molecule has 3 aromatic rings. The van der Waals surface area contributed by atoms with Crippen molar-refractivity contribution in [3.8, 4) is 0 Å². The Kier molecular flexibility index (Phi) is 6.97. The number of carbonyl (C=O) groups excluding carboxylic acids is 2. The van der Waals surface area contributed by atoms with Crippen LogP contribution in [0.3, 0.4) is 0 Å². The summed E-state index contributed by atoms with van der Waals surface area (Å²) in [5.41, 5.74) is 2.19. The summed E-state index contributed by atoms with van der Waals surface area (Å²) in [6, 6.07) is 6.92. The number of H-pyrrole nitrogens is 1. The molecule has 2 aliphatic rings. The van der Waals surface area contributed by atoms with E-state index >= 15 is 0 Å². The Labute approximate surface area is 202 Å². The number of hydrogen-bond acceptors (Lipinski definition) is 5. The number of carbonyl (C=O) groups is 2. The predicted molar refractivity (Wildman–Crippen MR) is 128 cm³/mol. The molecule has 0 bridgehead atoms. The molecule has 0 spiro atoms. The highest BCUT2D eigenvalue weighted by Crippen LogP contribution is 2.23. The Hall–Kier alpha value is -2.55. The average Bonchev–Trinajstić information content (AvgIpc) is 3.38. The molecule has 2 aromatic heterocycles. The molecule has 8 nitrogen and oxygen atoms in total. The molecule has 10 heteroatoms. The summed E-state index contributed by atoms with van der Waals surface area (Å²) >= 11 is 6.05. The fraction of sp³-hybridized carbons (Fsp3) is 0.435. The number of aromatic amines is 1. The fourth-order valence-corrected chi connectivity index (χ4v) is 4.78. The number of amides is 2.